The molecule has 0 aliphatic rings. The smallest absolute Gasteiger partial charge is 0.358 e. The van der Waals surface area contributed by atoms with Gasteiger partial charge in [0, 0.05) is 0 Å². The number of hydrogen-bond acceptors (Lipinski definition) is 1. The summed E-state index contributed by atoms with van der Waals surface area (Å²) in [7, 11) is 0. The molecule has 1 nitrogen and oxygen atoms in total. The van der Waals surface area contributed by atoms with Crippen molar-refractivity contribution in [3.8, 4) is 0 Å². The van der Waals surface area contributed by atoms with Gasteiger partial charge >= 0.3 is 94.6 Å². The number of hydrogen-bond donors (Lipinski definition) is 0. The summed E-state index contributed by atoms with van der Waals surface area (Å²) < 4.78 is 4.33. The monoisotopic (exact) mass is 217 g/mol. The molecule has 0 unspecified atom stereocenters. The zero-order chi connectivity index (χ0) is 10.7. The van der Waals surface area contributed by atoms with Crippen LogP contribution >= 0.6 is 0 Å². The van der Waals surface area contributed by atoms with E-state index in [-0.39, 0.29) is 7.43 Å². The van der Waals surface area contributed by atoms with E-state index in [9.17, 15) is 0 Å². The summed E-state index contributed by atoms with van der Waals surface area (Å²) in [5, 5.41) is 0. The standard InChI is InChI=1S/C12H17N.CH3.Al/c1-8(2)10-6-5-7-11(9(3)4)12(10)13;;/h5-9H,1-4H3;1H3;/q;-1;. The molecular weight excluding hydrogens is 197 g/mol. The predicted molar refractivity (Wildman–Crippen MR) is 68.9 cm³/mol. The molecule has 0 aliphatic heterocycles. The van der Waals surface area contributed by atoms with E-state index in [4.69, 9.17) is 0 Å². The molecule has 0 N–H and O–H groups in total. The average molecular weight is 217 g/mol. The van der Waals surface area contributed by atoms with Gasteiger partial charge in [0.15, 0.2) is 0 Å². The molecule has 0 aliphatic carbocycles. The fraction of sp³-hybridized carbons (Fsp3) is 0.462. The fourth-order valence-electron chi connectivity index (χ4n) is 1.66. The summed E-state index contributed by atoms with van der Waals surface area (Å²) in [6, 6.07) is 6.46. The van der Waals surface area contributed by atoms with Gasteiger partial charge in [-0.2, -0.15) is 0 Å². The molecule has 1 rings (SSSR count). The predicted octanol–water partition coefficient (Wildman–Crippen LogP) is 4.37. The summed E-state index contributed by atoms with van der Waals surface area (Å²) in [5.41, 5.74) is 3.83. The Balaban J connectivity index is 0.00000196. The van der Waals surface area contributed by atoms with E-state index >= 15 is 0 Å². The van der Waals surface area contributed by atoms with Crippen molar-refractivity contribution in [3.05, 3.63) is 36.8 Å². The Bertz CT molecular complexity index is 303. The van der Waals surface area contributed by atoms with Crippen molar-refractivity contribution in [3.63, 3.8) is 0 Å². The van der Waals surface area contributed by atoms with E-state index in [1.54, 1.807) is 0 Å². The van der Waals surface area contributed by atoms with Gasteiger partial charge in [0.05, 0.1) is 0 Å². The van der Waals surface area contributed by atoms with Crippen LogP contribution in [0.4, 0.5) is 5.69 Å². The van der Waals surface area contributed by atoms with Crippen LogP contribution in [0.1, 0.15) is 50.7 Å². The van der Waals surface area contributed by atoms with Crippen LogP contribution in [0.5, 0.6) is 0 Å². The molecule has 0 fully saturated rings. The largest absolute Gasteiger partial charge is 0.358 e. The SMILES string of the molecule is CC(C)c1cccc(C(C)C)c1[N]=[Al].[CH3-]. The van der Waals surface area contributed by atoms with Gasteiger partial charge in [0.25, 0.3) is 0 Å². The molecule has 2 heteroatoms. The van der Waals surface area contributed by atoms with Crippen molar-refractivity contribution in [1.29, 1.82) is 0 Å². The summed E-state index contributed by atoms with van der Waals surface area (Å²) in [6.07, 6.45) is 0. The summed E-state index contributed by atoms with van der Waals surface area (Å²) >= 11 is 2.48. The van der Waals surface area contributed by atoms with Gasteiger partial charge in [0.2, 0.25) is 0 Å². The molecule has 0 atom stereocenters. The van der Waals surface area contributed by atoms with E-state index < -0.39 is 0 Å². The van der Waals surface area contributed by atoms with Crippen LogP contribution in [-0.4, -0.2) is 16.1 Å². The summed E-state index contributed by atoms with van der Waals surface area (Å²) in [4.78, 5) is 0. The van der Waals surface area contributed by atoms with Crippen LogP contribution in [-0.2, 0) is 0 Å². The second-order valence-corrected chi connectivity index (χ2v) is 4.48. The minimum Gasteiger partial charge on any atom is -0.358 e. The molecule has 0 heterocycles. The third-order valence-corrected chi connectivity index (χ3v) is 2.73. The normalized spacial score (nSPS) is 10.2. The molecule has 0 bridgehead atoms. The van der Waals surface area contributed by atoms with Gasteiger partial charge in [-0.3, -0.25) is 0 Å². The minimum absolute atomic E-state index is 0. The number of benzene rings is 1. The van der Waals surface area contributed by atoms with Crippen LogP contribution in [0, 0.1) is 7.43 Å². The summed E-state index contributed by atoms with van der Waals surface area (Å²) in [5.74, 6) is 1.07. The van der Waals surface area contributed by atoms with Crippen LogP contribution in [0.15, 0.2) is 22.1 Å². The number of rotatable bonds is 3. The van der Waals surface area contributed by atoms with E-state index in [0.717, 1.165) is 5.69 Å². The Morgan fingerprint density at radius 1 is 1.00 bits per heavy atom. The van der Waals surface area contributed by atoms with Crippen molar-refractivity contribution < 1.29 is 0 Å². The second kappa shape index (κ2) is 6.20. The number of nitrogens with zero attached hydrogens (tertiary/aromatic N) is 1. The molecule has 1 aromatic rings. The van der Waals surface area contributed by atoms with Crippen molar-refractivity contribution in [2.45, 2.75) is 39.5 Å². The van der Waals surface area contributed by atoms with E-state index in [1.807, 2.05) is 0 Å². The fourth-order valence-corrected chi connectivity index (χ4v) is 1.96. The van der Waals surface area contributed by atoms with Gasteiger partial charge in [-0.1, -0.05) is 0 Å². The Hall–Kier alpha value is -0.448. The maximum Gasteiger partial charge on any atom is -0.358 e. The first kappa shape index (κ1) is 14.6. The van der Waals surface area contributed by atoms with Crippen LogP contribution < -0.4 is 0 Å². The zero-order valence-electron chi connectivity index (χ0n) is 10.4. The molecule has 15 heavy (non-hydrogen) atoms. The zero-order valence-corrected chi connectivity index (χ0v) is 11.6. The van der Waals surface area contributed by atoms with E-state index in [2.05, 4.69) is 65.9 Å². The molecular formula is C13H20AlN-. The molecule has 1 aromatic carbocycles. The van der Waals surface area contributed by atoms with Gasteiger partial charge in [0.1, 0.15) is 0 Å². The molecule has 81 valence electrons. The summed E-state index contributed by atoms with van der Waals surface area (Å²) in [6.45, 7) is 8.83. The van der Waals surface area contributed by atoms with Gasteiger partial charge in [-0.15, -0.1) is 0 Å². The van der Waals surface area contributed by atoms with Crippen molar-refractivity contribution in [2.75, 3.05) is 0 Å². The maximum atomic E-state index is 4.33. The van der Waals surface area contributed by atoms with E-state index in [0.29, 0.717) is 11.8 Å². The third-order valence-electron chi connectivity index (χ3n) is 2.47. The van der Waals surface area contributed by atoms with Gasteiger partial charge < -0.3 is 7.43 Å². The quantitative estimate of drug-likeness (QED) is 0.526. The van der Waals surface area contributed by atoms with Crippen LogP contribution in [0.2, 0.25) is 0 Å². The Morgan fingerprint density at radius 3 is 1.67 bits per heavy atom. The first-order valence-electron chi connectivity index (χ1n) is 5.11. The van der Waals surface area contributed by atoms with Crippen molar-refractivity contribution in [2.24, 2.45) is 3.93 Å². The molecule has 0 spiro atoms. The molecule has 0 amide bonds. The van der Waals surface area contributed by atoms with E-state index in [1.165, 1.54) is 11.1 Å². The van der Waals surface area contributed by atoms with Crippen LogP contribution in [0.25, 0.3) is 0 Å². The average Bonchev–Trinajstić information content (AvgIpc) is 2.16. The Morgan fingerprint density at radius 2 is 1.40 bits per heavy atom. The Kier molecular flexibility index (Phi) is 6.02. The van der Waals surface area contributed by atoms with Crippen molar-refractivity contribution in [1.82, 2.24) is 0 Å². The molecule has 0 saturated carbocycles. The topological polar surface area (TPSA) is 12.4 Å². The van der Waals surface area contributed by atoms with Gasteiger partial charge in [-0.05, 0) is 0 Å². The molecule has 0 aromatic heterocycles. The second-order valence-electron chi connectivity index (χ2n) is 4.22. The van der Waals surface area contributed by atoms with Crippen molar-refractivity contribution >= 4 is 21.8 Å². The first-order chi connectivity index (χ1) is 6.57. The molecule has 0 saturated heterocycles. The van der Waals surface area contributed by atoms with Crippen LogP contribution in [0.3, 0.4) is 0 Å². The minimum atomic E-state index is 0. The third kappa shape index (κ3) is 3.26. The maximum absolute atomic E-state index is 4.33. The van der Waals surface area contributed by atoms with Gasteiger partial charge in [-0.25, -0.2) is 0 Å². The first-order valence-corrected chi connectivity index (χ1v) is 5.63. The molecule has 1 radical (unpaired) electrons. The Labute approximate surface area is 102 Å².